The predicted molar refractivity (Wildman–Crippen MR) is 153 cm³/mol. The average Bonchev–Trinajstić information content (AvgIpc) is 3.43. The van der Waals surface area contributed by atoms with Crippen LogP contribution in [0.5, 0.6) is 17.2 Å². The molecule has 0 bridgehead atoms. The minimum atomic E-state index is -0.753. The van der Waals surface area contributed by atoms with Gasteiger partial charge >= 0.3 is 0 Å². The molecule has 9 nitrogen and oxygen atoms in total. The third-order valence-electron chi connectivity index (χ3n) is 7.61. The van der Waals surface area contributed by atoms with Gasteiger partial charge in [-0.05, 0) is 39.3 Å². The van der Waals surface area contributed by atoms with Gasteiger partial charge in [0.05, 0.1) is 27.4 Å². The fourth-order valence-corrected chi connectivity index (χ4v) is 5.50. The number of fused-ring (bicyclic) bond motifs is 1. The number of nitrogens with one attached hydrogen (secondary N) is 1. The zero-order valence-electron chi connectivity index (χ0n) is 25.6. The van der Waals surface area contributed by atoms with Gasteiger partial charge in [-0.1, -0.05) is 64.7 Å². The maximum Gasteiger partial charge on any atom is 0.251 e. The minimum absolute atomic E-state index is 0.292. The summed E-state index contributed by atoms with van der Waals surface area (Å²) in [6.45, 7) is 8.54. The van der Waals surface area contributed by atoms with Crippen LogP contribution >= 0.6 is 0 Å². The van der Waals surface area contributed by atoms with Crippen LogP contribution in [0.1, 0.15) is 102 Å². The highest BCUT2D eigenvalue weighted by Crippen LogP contribution is 2.41. The Balaban J connectivity index is 1.51. The lowest BCUT2D eigenvalue weighted by Gasteiger charge is -2.27. The van der Waals surface area contributed by atoms with Crippen molar-refractivity contribution < 1.29 is 38.0 Å². The monoisotopic (exact) mass is 565 g/mol. The normalized spacial score (nSPS) is 24.0. The number of hydrogen-bond acceptors (Lipinski definition) is 8. The second kappa shape index (κ2) is 15.8. The summed E-state index contributed by atoms with van der Waals surface area (Å²) >= 11 is 0. The summed E-state index contributed by atoms with van der Waals surface area (Å²) < 4.78 is 41.0. The zero-order chi connectivity index (χ0) is 29.1. The molecule has 0 aromatic heterocycles. The summed E-state index contributed by atoms with van der Waals surface area (Å²) in [6, 6.07) is 2.87. The minimum Gasteiger partial charge on any atom is -0.493 e. The first-order valence-electron chi connectivity index (χ1n) is 15.0. The van der Waals surface area contributed by atoms with Crippen LogP contribution in [0.25, 0.3) is 0 Å². The molecule has 2 heterocycles. The Kier molecular flexibility index (Phi) is 12.8. The van der Waals surface area contributed by atoms with E-state index in [2.05, 4.69) is 12.2 Å². The molecule has 40 heavy (non-hydrogen) atoms. The van der Waals surface area contributed by atoms with Crippen LogP contribution in [0, 0.1) is 0 Å². The van der Waals surface area contributed by atoms with Gasteiger partial charge in [0, 0.05) is 12.2 Å². The van der Waals surface area contributed by atoms with E-state index in [0.29, 0.717) is 29.4 Å². The molecule has 1 amide bonds. The van der Waals surface area contributed by atoms with Crippen LogP contribution < -0.4 is 19.5 Å². The summed E-state index contributed by atoms with van der Waals surface area (Å²) in [7, 11) is 4.56. The van der Waals surface area contributed by atoms with E-state index in [1.165, 1.54) is 72.7 Å². The molecule has 2 aliphatic heterocycles. The van der Waals surface area contributed by atoms with Gasteiger partial charge in [0.2, 0.25) is 5.75 Å². The van der Waals surface area contributed by atoms with Crippen molar-refractivity contribution in [3.8, 4) is 17.2 Å². The van der Waals surface area contributed by atoms with Crippen LogP contribution in [0.4, 0.5) is 0 Å². The van der Waals surface area contributed by atoms with E-state index < -0.39 is 18.2 Å². The maximum atomic E-state index is 13.2. The Bertz CT molecular complexity index is 898. The molecule has 0 unspecified atom stereocenters. The van der Waals surface area contributed by atoms with E-state index >= 15 is 0 Å². The first-order valence-corrected chi connectivity index (χ1v) is 15.0. The van der Waals surface area contributed by atoms with E-state index in [-0.39, 0.29) is 24.2 Å². The number of ether oxygens (including phenoxy) is 7. The van der Waals surface area contributed by atoms with Gasteiger partial charge in [-0.3, -0.25) is 4.79 Å². The molecule has 1 N–H and O–H groups in total. The Hall–Kier alpha value is -2.07. The molecule has 3 rings (SSSR count). The van der Waals surface area contributed by atoms with Crippen molar-refractivity contribution in [2.24, 2.45) is 0 Å². The number of rotatable bonds is 18. The lowest BCUT2D eigenvalue weighted by molar-refractivity contribution is -0.235. The molecule has 1 aromatic carbocycles. The smallest absolute Gasteiger partial charge is 0.251 e. The summed E-state index contributed by atoms with van der Waals surface area (Å²) in [4.78, 5) is 13.2. The Morgan fingerprint density at radius 2 is 1.43 bits per heavy atom. The molecular formula is C31H51NO8. The second-order valence-corrected chi connectivity index (χ2v) is 11.3. The van der Waals surface area contributed by atoms with Crippen molar-refractivity contribution in [1.29, 1.82) is 0 Å². The van der Waals surface area contributed by atoms with E-state index in [1.807, 2.05) is 20.8 Å². The maximum absolute atomic E-state index is 13.2. The Morgan fingerprint density at radius 1 is 0.875 bits per heavy atom. The lowest BCUT2D eigenvalue weighted by Crippen LogP contribution is -2.47. The van der Waals surface area contributed by atoms with Crippen LogP contribution in [0.3, 0.4) is 0 Å². The molecular weight excluding hydrogens is 514 g/mol. The highest BCUT2D eigenvalue weighted by molar-refractivity contribution is 5.95. The molecule has 0 aliphatic carbocycles. The lowest BCUT2D eigenvalue weighted by atomic mass is 10.0. The number of hydrogen-bond donors (Lipinski definition) is 1. The highest BCUT2D eigenvalue weighted by atomic mass is 16.8. The van der Waals surface area contributed by atoms with E-state index in [0.717, 1.165) is 12.8 Å². The molecule has 2 aliphatic rings. The average molecular weight is 566 g/mol. The van der Waals surface area contributed by atoms with Gasteiger partial charge in [0.25, 0.3) is 5.91 Å². The first-order chi connectivity index (χ1) is 19.2. The van der Waals surface area contributed by atoms with Gasteiger partial charge in [0.1, 0.15) is 18.3 Å². The molecule has 9 heteroatoms. The number of amides is 1. The molecule has 0 spiro atoms. The summed E-state index contributed by atoms with van der Waals surface area (Å²) in [6.07, 6.45) is 11.0. The van der Waals surface area contributed by atoms with Gasteiger partial charge in [-0.15, -0.1) is 0 Å². The summed E-state index contributed by atoms with van der Waals surface area (Å²) in [5.74, 6) is 0.201. The molecule has 0 radical (unpaired) electrons. The van der Waals surface area contributed by atoms with Crippen molar-refractivity contribution in [1.82, 2.24) is 5.32 Å². The van der Waals surface area contributed by atoms with Crippen molar-refractivity contribution in [3.05, 3.63) is 17.7 Å². The number of carbonyl (C=O) groups is 1. The SMILES string of the molecule is CCCCCCCCCCCCO[C@@H]1O[C@H]([C@H](C)NC(=O)c2cc(OC)c(OC)c(OC)c2)[C@@H]2OC(C)(C)O[C@H]12. The molecule has 228 valence electrons. The predicted octanol–water partition coefficient (Wildman–Crippen LogP) is 6.01. The molecule has 1 aromatic rings. The van der Waals surface area contributed by atoms with Crippen LogP contribution in [-0.2, 0) is 18.9 Å². The standard InChI is InChI=1S/C31H51NO8/c1-8-9-10-11-12-13-14-15-16-17-18-37-30-28-27(39-31(3,4)40-28)25(38-30)21(2)32-29(33)22-19-23(34-5)26(36-7)24(20-22)35-6/h19-21,25,27-28,30H,8-18H2,1-7H3,(H,32,33)/t21-,25+,27-,28-,30+/m0/s1. The quantitative estimate of drug-likeness (QED) is 0.216. The van der Waals surface area contributed by atoms with Gasteiger partial charge in [-0.25, -0.2) is 0 Å². The Morgan fingerprint density at radius 3 is 1.98 bits per heavy atom. The summed E-state index contributed by atoms with van der Waals surface area (Å²) in [5.41, 5.74) is 0.383. The fraction of sp³-hybridized carbons (Fsp3) is 0.774. The van der Waals surface area contributed by atoms with Crippen molar-refractivity contribution in [3.63, 3.8) is 0 Å². The molecule has 5 atom stereocenters. The van der Waals surface area contributed by atoms with Gasteiger partial charge < -0.3 is 38.5 Å². The van der Waals surface area contributed by atoms with E-state index in [4.69, 9.17) is 33.2 Å². The van der Waals surface area contributed by atoms with E-state index in [1.54, 1.807) is 12.1 Å². The Labute approximate surface area is 240 Å². The summed E-state index contributed by atoms with van der Waals surface area (Å²) in [5, 5.41) is 3.04. The van der Waals surface area contributed by atoms with Crippen molar-refractivity contribution in [2.75, 3.05) is 27.9 Å². The third kappa shape index (κ3) is 8.71. The van der Waals surface area contributed by atoms with Crippen molar-refractivity contribution >= 4 is 5.91 Å². The van der Waals surface area contributed by atoms with Gasteiger partial charge in [-0.2, -0.15) is 0 Å². The number of benzene rings is 1. The topological polar surface area (TPSA) is 93.7 Å². The number of methoxy groups -OCH3 is 3. The van der Waals surface area contributed by atoms with Crippen LogP contribution in [0.15, 0.2) is 12.1 Å². The second-order valence-electron chi connectivity index (χ2n) is 11.3. The molecule has 0 saturated carbocycles. The number of carbonyl (C=O) groups excluding carboxylic acids is 1. The van der Waals surface area contributed by atoms with E-state index in [9.17, 15) is 4.79 Å². The first kappa shape index (κ1) is 32.4. The highest BCUT2D eigenvalue weighted by Gasteiger charge is 2.57. The molecule has 2 fully saturated rings. The van der Waals surface area contributed by atoms with Crippen molar-refractivity contribution in [2.45, 2.75) is 128 Å². The molecule has 2 saturated heterocycles. The zero-order valence-corrected chi connectivity index (χ0v) is 25.6. The van der Waals surface area contributed by atoms with Gasteiger partial charge in [0.15, 0.2) is 23.6 Å². The fourth-order valence-electron chi connectivity index (χ4n) is 5.50. The van der Waals surface area contributed by atoms with Crippen LogP contribution in [-0.4, -0.2) is 70.3 Å². The third-order valence-corrected chi connectivity index (χ3v) is 7.61. The largest absolute Gasteiger partial charge is 0.493 e. The van der Waals surface area contributed by atoms with Crippen LogP contribution in [0.2, 0.25) is 0 Å². The number of unbranched alkanes of at least 4 members (excludes halogenated alkanes) is 9.